The van der Waals surface area contributed by atoms with E-state index in [1.807, 2.05) is 19.6 Å². The van der Waals surface area contributed by atoms with E-state index in [0.717, 1.165) is 0 Å². The van der Waals surface area contributed by atoms with Crippen LogP contribution in [-0.4, -0.2) is 21.6 Å². The van der Waals surface area contributed by atoms with E-state index in [0.29, 0.717) is 11.3 Å². The molecule has 0 amide bonds. The number of rotatable bonds is 5. The van der Waals surface area contributed by atoms with E-state index in [2.05, 4.69) is 6.58 Å². The lowest BCUT2D eigenvalue weighted by molar-refractivity contribution is -0.104. The SMILES string of the molecule is C=C(C(O[Si](C)(C)C)c1ccc(OC)cc1)C(F)(F)F. The van der Waals surface area contributed by atoms with Crippen molar-refractivity contribution < 1.29 is 22.3 Å². The molecule has 0 aliphatic carbocycles. The molecule has 0 spiro atoms. The van der Waals surface area contributed by atoms with Gasteiger partial charge in [-0.05, 0) is 37.3 Å². The first-order valence-corrected chi connectivity index (χ1v) is 9.53. The van der Waals surface area contributed by atoms with Gasteiger partial charge in [0.1, 0.15) is 11.9 Å². The number of hydrogen-bond acceptors (Lipinski definition) is 2. The smallest absolute Gasteiger partial charge is 0.414 e. The van der Waals surface area contributed by atoms with Crippen LogP contribution in [0.4, 0.5) is 13.2 Å². The van der Waals surface area contributed by atoms with E-state index in [9.17, 15) is 13.2 Å². The van der Waals surface area contributed by atoms with Crippen molar-refractivity contribution >= 4 is 8.32 Å². The highest BCUT2D eigenvalue weighted by atomic mass is 28.4. The molecule has 1 rings (SSSR count). The maximum Gasteiger partial charge on any atom is 0.414 e. The van der Waals surface area contributed by atoms with Crippen molar-refractivity contribution in [2.75, 3.05) is 7.11 Å². The molecule has 0 N–H and O–H groups in total. The van der Waals surface area contributed by atoms with Crippen LogP contribution in [0.1, 0.15) is 11.7 Å². The van der Waals surface area contributed by atoms with Gasteiger partial charge >= 0.3 is 6.18 Å². The summed E-state index contributed by atoms with van der Waals surface area (Å²) in [6, 6.07) is 6.36. The van der Waals surface area contributed by atoms with Crippen LogP contribution in [0, 0.1) is 0 Å². The molecule has 0 aromatic heterocycles. The first-order chi connectivity index (χ1) is 9.04. The summed E-state index contributed by atoms with van der Waals surface area (Å²) in [5, 5.41) is 0. The number of halogens is 3. The second kappa shape index (κ2) is 6.01. The zero-order valence-electron chi connectivity index (χ0n) is 12.0. The van der Waals surface area contributed by atoms with Crippen molar-refractivity contribution in [1.82, 2.24) is 0 Å². The lowest BCUT2D eigenvalue weighted by Crippen LogP contribution is -2.31. The van der Waals surface area contributed by atoms with Crippen molar-refractivity contribution in [2.24, 2.45) is 0 Å². The summed E-state index contributed by atoms with van der Waals surface area (Å²) in [6.45, 7) is 8.69. The van der Waals surface area contributed by atoms with Crippen LogP contribution in [0.2, 0.25) is 19.6 Å². The number of benzene rings is 1. The Morgan fingerprint density at radius 1 is 1.15 bits per heavy atom. The van der Waals surface area contributed by atoms with Crippen molar-refractivity contribution in [1.29, 1.82) is 0 Å². The highest BCUT2D eigenvalue weighted by molar-refractivity contribution is 6.69. The summed E-state index contributed by atoms with van der Waals surface area (Å²) in [5.74, 6) is 0.582. The highest BCUT2D eigenvalue weighted by Gasteiger charge is 2.40. The number of hydrogen-bond donors (Lipinski definition) is 0. The number of alkyl halides is 3. The lowest BCUT2D eigenvalue weighted by Gasteiger charge is -2.29. The van der Waals surface area contributed by atoms with E-state index >= 15 is 0 Å². The zero-order chi connectivity index (χ0) is 15.6. The summed E-state index contributed by atoms with van der Waals surface area (Å²) < 4.78 is 49.4. The molecule has 112 valence electrons. The molecular formula is C14H19F3O2Si. The minimum Gasteiger partial charge on any atom is -0.497 e. The minimum atomic E-state index is -4.48. The largest absolute Gasteiger partial charge is 0.497 e. The normalized spacial score (nSPS) is 13.9. The van der Waals surface area contributed by atoms with Crippen LogP contribution < -0.4 is 4.74 Å². The third-order valence-electron chi connectivity index (χ3n) is 2.57. The standard InChI is InChI=1S/C14H19F3O2Si/c1-10(14(15,16)17)13(19-20(3,4)5)11-6-8-12(18-2)9-7-11/h6-9,13H,1H2,2-5H3. The van der Waals surface area contributed by atoms with Crippen LogP contribution in [0.15, 0.2) is 36.4 Å². The van der Waals surface area contributed by atoms with Crippen LogP contribution in [-0.2, 0) is 4.43 Å². The van der Waals surface area contributed by atoms with Gasteiger partial charge in [0.2, 0.25) is 0 Å². The van der Waals surface area contributed by atoms with Crippen LogP contribution >= 0.6 is 0 Å². The van der Waals surface area contributed by atoms with Gasteiger partial charge < -0.3 is 9.16 Å². The summed E-state index contributed by atoms with van der Waals surface area (Å²) in [5.41, 5.74) is -0.458. The Morgan fingerprint density at radius 2 is 1.65 bits per heavy atom. The second-order valence-corrected chi connectivity index (χ2v) is 9.87. The van der Waals surface area contributed by atoms with E-state index in [-0.39, 0.29) is 0 Å². The molecule has 1 aromatic rings. The molecule has 0 bridgehead atoms. The average Bonchev–Trinajstić information content (AvgIpc) is 2.33. The Kier molecular flexibility index (Phi) is 5.04. The Hall–Kier alpha value is -1.27. The fourth-order valence-electron chi connectivity index (χ4n) is 1.62. The molecule has 20 heavy (non-hydrogen) atoms. The summed E-state index contributed by atoms with van der Waals surface area (Å²) in [7, 11) is -0.659. The number of ether oxygens (including phenoxy) is 1. The molecule has 0 saturated carbocycles. The molecule has 2 nitrogen and oxygen atoms in total. The van der Waals surface area contributed by atoms with Crippen LogP contribution in [0.5, 0.6) is 5.75 Å². The van der Waals surface area contributed by atoms with Crippen molar-refractivity contribution in [3.63, 3.8) is 0 Å². The zero-order valence-corrected chi connectivity index (χ0v) is 13.0. The van der Waals surface area contributed by atoms with Gasteiger partial charge in [-0.3, -0.25) is 0 Å². The van der Waals surface area contributed by atoms with E-state index in [4.69, 9.17) is 9.16 Å². The van der Waals surface area contributed by atoms with Gasteiger partial charge in [-0.2, -0.15) is 13.2 Å². The van der Waals surface area contributed by atoms with E-state index in [1.54, 1.807) is 24.3 Å². The Balaban J connectivity index is 3.12. The Morgan fingerprint density at radius 3 is 2.00 bits per heavy atom. The monoisotopic (exact) mass is 304 g/mol. The first-order valence-electron chi connectivity index (χ1n) is 6.12. The third-order valence-corrected chi connectivity index (χ3v) is 3.51. The van der Waals surface area contributed by atoms with E-state index < -0.39 is 26.2 Å². The fraction of sp³-hybridized carbons (Fsp3) is 0.429. The molecule has 0 aliphatic heterocycles. The van der Waals surface area contributed by atoms with Gasteiger partial charge in [0, 0.05) is 0 Å². The van der Waals surface area contributed by atoms with Crippen molar-refractivity contribution in [3.05, 3.63) is 42.0 Å². The maximum atomic E-state index is 12.9. The third kappa shape index (κ3) is 4.68. The minimum absolute atomic E-state index is 0.426. The predicted octanol–water partition coefficient (Wildman–Crippen LogP) is 4.71. The molecule has 0 aliphatic rings. The molecule has 0 saturated heterocycles. The average molecular weight is 304 g/mol. The molecule has 6 heteroatoms. The van der Waals surface area contributed by atoms with Crippen LogP contribution in [0.3, 0.4) is 0 Å². The molecule has 1 aromatic carbocycles. The lowest BCUT2D eigenvalue weighted by atomic mass is 10.0. The van der Waals surface area contributed by atoms with Crippen molar-refractivity contribution in [3.8, 4) is 5.75 Å². The summed E-state index contributed by atoms with van der Waals surface area (Å²) >= 11 is 0. The fourth-order valence-corrected chi connectivity index (χ4v) is 2.61. The van der Waals surface area contributed by atoms with Gasteiger partial charge in [0.25, 0.3) is 0 Å². The molecule has 0 fully saturated rings. The maximum absolute atomic E-state index is 12.9. The van der Waals surface area contributed by atoms with Crippen molar-refractivity contribution in [2.45, 2.75) is 31.9 Å². The molecule has 0 heterocycles. The molecule has 1 unspecified atom stereocenters. The van der Waals surface area contributed by atoms with E-state index in [1.165, 1.54) is 7.11 Å². The molecular weight excluding hydrogens is 285 g/mol. The molecule has 1 atom stereocenters. The molecule has 0 radical (unpaired) electrons. The van der Waals surface area contributed by atoms with Crippen LogP contribution in [0.25, 0.3) is 0 Å². The quantitative estimate of drug-likeness (QED) is 0.579. The van der Waals surface area contributed by atoms with Gasteiger partial charge in [0.15, 0.2) is 8.32 Å². The summed E-state index contributed by atoms with van der Waals surface area (Å²) in [4.78, 5) is 0. The topological polar surface area (TPSA) is 18.5 Å². The Bertz CT molecular complexity index is 461. The predicted molar refractivity (Wildman–Crippen MR) is 75.4 cm³/mol. The van der Waals surface area contributed by atoms with Gasteiger partial charge in [-0.25, -0.2) is 0 Å². The van der Waals surface area contributed by atoms with Gasteiger partial charge in [0.05, 0.1) is 12.7 Å². The second-order valence-electron chi connectivity index (χ2n) is 5.41. The van der Waals surface area contributed by atoms with Gasteiger partial charge in [-0.15, -0.1) is 0 Å². The van der Waals surface area contributed by atoms with Gasteiger partial charge in [-0.1, -0.05) is 18.7 Å². The summed E-state index contributed by atoms with van der Waals surface area (Å²) in [6.07, 6.45) is -5.66. The highest BCUT2D eigenvalue weighted by Crippen LogP contribution is 2.38. The first kappa shape index (κ1) is 16.8. The number of methoxy groups -OCH3 is 1. The Labute approximate surface area is 118 Å².